The molecule has 0 bridgehead atoms. The van der Waals surface area contributed by atoms with Gasteiger partial charge in [0.15, 0.2) is 5.96 Å². The molecule has 0 aliphatic heterocycles. The average Bonchev–Trinajstić information content (AvgIpc) is 2.43. The Morgan fingerprint density at radius 2 is 2.14 bits per heavy atom. The number of benzene rings is 1. The van der Waals surface area contributed by atoms with Crippen molar-refractivity contribution in [1.82, 2.24) is 10.6 Å². The summed E-state index contributed by atoms with van der Waals surface area (Å²) in [5.74, 6) is 0.360. The van der Waals surface area contributed by atoms with E-state index in [1.54, 1.807) is 20.2 Å². The smallest absolute Gasteiger partial charge is 0.191 e. The minimum atomic E-state index is -0.330. The van der Waals surface area contributed by atoms with Crippen LogP contribution >= 0.6 is 11.6 Å². The number of halogens is 2. The van der Waals surface area contributed by atoms with Crippen LogP contribution in [0.4, 0.5) is 4.39 Å². The van der Waals surface area contributed by atoms with E-state index in [4.69, 9.17) is 16.3 Å². The van der Waals surface area contributed by atoms with E-state index in [1.165, 1.54) is 12.1 Å². The molecule has 1 unspecified atom stereocenters. The summed E-state index contributed by atoms with van der Waals surface area (Å²) >= 11 is 6.16. The highest BCUT2D eigenvalue weighted by Crippen LogP contribution is 2.29. The van der Waals surface area contributed by atoms with Gasteiger partial charge < -0.3 is 15.4 Å². The highest BCUT2D eigenvalue weighted by Gasteiger charge is 2.24. The maximum atomic E-state index is 13.2. The number of aliphatic imine (C=N–C) groups is 1. The Hall–Kier alpha value is -1.33. The van der Waals surface area contributed by atoms with Crippen LogP contribution in [-0.2, 0) is 10.2 Å². The van der Waals surface area contributed by atoms with Crippen LogP contribution in [-0.4, -0.2) is 39.3 Å². The monoisotopic (exact) mass is 329 g/mol. The fourth-order valence-electron chi connectivity index (χ4n) is 2.16. The van der Waals surface area contributed by atoms with E-state index in [0.717, 1.165) is 5.56 Å². The maximum absolute atomic E-state index is 13.2. The molecule has 6 heteroatoms. The van der Waals surface area contributed by atoms with E-state index < -0.39 is 0 Å². The van der Waals surface area contributed by atoms with Crippen LogP contribution in [0.25, 0.3) is 0 Å². The van der Waals surface area contributed by atoms with Crippen molar-refractivity contribution in [3.8, 4) is 0 Å². The van der Waals surface area contributed by atoms with Crippen molar-refractivity contribution in [2.24, 2.45) is 4.99 Å². The van der Waals surface area contributed by atoms with Crippen molar-refractivity contribution >= 4 is 17.6 Å². The second-order valence-corrected chi connectivity index (χ2v) is 6.34. The normalized spacial score (nSPS) is 13.9. The predicted octanol–water partition coefficient (Wildman–Crippen LogP) is 2.96. The molecule has 0 heterocycles. The summed E-state index contributed by atoms with van der Waals surface area (Å²) < 4.78 is 18.3. The first-order valence-electron chi connectivity index (χ1n) is 7.22. The first kappa shape index (κ1) is 18.7. The van der Waals surface area contributed by atoms with Gasteiger partial charge in [-0.1, -0.05) is 31.5 Å². The molecule has 0 aromatic heterocycles. The van der Waals surface area contributed by atoms with Gasteiger partial charge in [0.25, 0.3) is 0 Å². The van der Waals surface area contributed by atoms with Crippen LogP contribution in [0.3, 0.4) is 0 Å². The fraction of sp³-hybridized carbons (Fsp3) is 0.562. The van der Waals surface area contributed by atoms with Crippen LogP contribution in [0.1, 0.15) is 26.3 Å². The molecule has 1 aromatic carbocycles. The van der Waals surface area contributed by atoms with Gasteiger partial charge in [-0.25, -0.2) is 4.39 Å². The van der Waals surface area contributed by atoms with Gasteiger partial charge in [0.05, 0.1) is 6.61 Å². The fourth-order valence-corrected chi connectivity index (χ4v) is 2.58. The minimum Gasteiger partial charge on any atom is -0.383 e. The molecule has 1 atom stereocenters. The van der Waals surface area contributed by atoms with E-state index >= 15 is 0 Å². The number of methoxy groups -OCH3 is 1. The van der Waals surface area contributed by atoms with E-state index in [2.05, 4.69) is 15.6 Å². The van der Waals surface area contributed by atoms with Gasteiger partial charge >= 0.3 is 0 Å². The van der Waals surface area contributed by atoms with Crippen molar-refractivity contribution in [2.45, 2.75) is 32.2 Å². The van der Waals surface area contributed by atoms with Crippen molar-refractivity contribution in [2.75, 3.05) is 27.3 Å². The Morgan fingerprint density at radius 3 is 2.68 bits per heavy atom. The molecule has 0 amide bonds. The number of hydrogen-bond donors (Lipinski definition) is 2. The zero-order valence-electron chi connectivity index (χ0n) is 13.8. The second kappa shape index (κ2) is 8.34. The molecule has 0 saturated heterocycles. The number of guanidine groups is 1. The van der Waals surface area contributed by atoms with E-state index in [1.807, 2.05) is 20.8 Å². The first-order valence-corrected chi connectivity index (χ1v) is 7.59. The summed E-state index contributed by atoms with van der Waals surface area (Å²) in [5, 5.41) is 6.94. The van der Waals surface area contributed by atoms with E-state index in [0.29, 0.717) is 24.1 Å². The van der Waals surface area contributed by atoms with Gasteiger partial charge in [0.2, 0.25) is 0 Å². The number of nitrogens with one attached hydrogen (secondary N) is 2. The largest absolute Gasteiger partial charge is 0.383 e. The van der Waals surface area contributed by atoms with Gasteiger partial charge in [0.1, 0.15) is 5.82 Å². The maximum Gasteiger partial charge on any atom is 0.191 e. The van der Waals surface area contributed by atoms with Crippen LogP contribution in [0, 0.1) is 5.82 Å². The zero-order valence-corrected chi connectivity index (χ0v) is 14.6. The lowest BCUT2D eigenvalue weighted by Gasteiger charge is -2.28. The summed E-state index contributed by atoms with van der Waals surface area (Å²) in [5.41, 5.74) is 0.621. The third-order valence-electron chi connectivity index (χ3n) is 3.38. The van der Waals surface area contributed by atoms with Gasteiger partial charge in [-0.15, -0.1) is 0 Å². The lowest BCUT2D eigenvalue weighted by atomic mass is 9.84. The summed E-state index contributed by atoms with van der Waals surface area (Å²) in [7, 11) is 3.38. The molecule has 0 aliphatic carbocycles. The lowest BCUT2D eigenvalue weighted by Crippen LogP contribution is -2.47. The Kier molecular flexibility index (Phi) is 7.10. The van der Waals surface area contributed by atoms with Crippen molar-refractivity contribution in [3.05, 3.63) is 34.6 Å². The SMILES string of the molecule is CN=C(NCC(C)(C)c1ccc(F)cc1Cl)NC(C)COC. The molecule has 2 N–H and O–H groups in total. The molecule has 4 nitrogen and oxygen atoms in total. The summed E-state index contributed by atoms with van der Waals surface area (Å²) in [4.78, 5) is 4.19. The average molecular weight is 330 g/mol. The Balaban J connectivity index is 2.71. The minimum absolute atomic E-state index is 0.147. The number of ether oxygens (including phenoxy) is 1. The van der Waals surface area contributed by atoms with Crippen LogP contribution < -0.4 is 10.6 Å². The van der Waals surface area contributed by atoms with Crippen molar-refractivity contribution in [1.29, 1.82) is 0 Å². The topological polar surface area (TPSA) is 45.7 Å². The van der Waals surface area contributed by atoms with Gasteiger partial charge in [-0.05, 0) is 24.6 Å². The molecule has 0 fully saturated rings. The van der Waals surface area contributed by atoms with E-state index in [-0.39, 0.29) is 17.3 Å². The second-order valence-electron chi connectivity index (χ2n) is 5.93. The van der Waals surface area contributed by atoms with Gasteiger partial charge in [-0.2, -0.15) is 0 Å². The predicted molar refractivity (Wildman–Crippen MR) is 90.3 cm³/mol. The van der Waals surface area contributed by atoms with Crippen LogP contribution in [0.15, 0.2) is 23.2 Å². The molecule has 0 saturated carbocycles. The van der Waals surface area contributed by atoms with Gasteiger partial charge in [-0.3, -0.25) is 4.99 Å². The number of nitrogens with zero attached hydrogens (tertiary/aromatic N) is 1. The van der Waals surface area contributed by atoms with E-state index in [9.17, 15) is 4.39 Å². The van der Waals surface area contributed by atoms with Crippen LogP contribution in [0.5, 0.6) is 0 Å². The molecule has 0 spiro atoms. The number of hydrogen-bond acceptors (Lipinski definition) is 2. The van der Waals surface area contributed by atoms with Gasteiger partial charge in [0, 0.05) is 37.2 Å². The first-order chi connectivity index (χ1) is 10.3. The standard InChI is InChI=1S/C16H25ClFN3O/c1-11(9-22-5)21-15(19-4)20-10-16(2,3)13-7-6-12(18)8-14(13)17/h6-8,11H,9-10H2,1-5H3,(H2,19,20,21). The highest BCUT2D eigenvalue weighted by atomic mass is 35.5. The quantitative estimate of drug-likeness (QED) is 0.623. The lowest BCUT2D eigenvalue weighted by molar-refractivity contribution is 0.179. The molecule has 124 valence electrons. The Morgan fingerprint density at radius 1 is 1.45 bits per heavy atom. The molecule has 1 aromatic rings. The molecular weight excluding hydrogens is 305 g/mol. The Labute approximate surface area is 137 Å². The number of rotatable bonds is 6. The zero-order chi connectivity index (χ0) is 16.8. The third kappa shape index (κ3) is 5.46. The van der Waals surface area contributed by atoms with Crippen LogP contribution in [0.2, 0.25) is 5.02 Å². The third-order valence-corrected chi connectivity index (χ3v) is 3.69. The molecule has 0 radical (unpaired) electrons. The molecular formula is C16H25ClFN3O. The molecule has 22 heavy (non-hydrogen) atoms. The molecule has 1 rings (SSSR count). The highest BCUT2D eigenvalue weighted by molar-refractivity contribution is 6.31. The van der Waals surface area contributed by atoms with Crippen molar-refractivity contribution < 1.29 is 9.13 Å². The summed E-state index contributed by atoms with van der Waals surface area (Å²) in [6.45, 7) is 7.31. The Bertz CT molecular complexity index is 520. The molecule has 0 aliphatic rings. The summed E-state index contributed by atoms with van der Waals surface area (Å²) in [6, 6.07) is 4.64. The summed E-state index contributed by atoms with van der Waals surface area (Å²) in [6.07, 6.45) is 0. The van der Waals surface area contributed by atoms with Crippen molar-refractivity contribution in [3.63, 3.8) is 0 Å².